The first-order valence-electron chi connectivity index (χ1n) is 12.0. The number of anilines is 1. The minimum absolute atomic E-state index is 0.0798. The smallest absolute Gasteiger partial charge is 0.319 e. The lowest BCUT2D eigenvalue weighted by molar-refractivity contribution is -0.127. The first kappa shape index (κ1) is 23.9. The molecule has 3 amide bonds. The predicted octanol–water partition coefficient (Wildman–Crippen LogP) is 3.54. The fourth-order valence-electron chi connectivity index (χ4n) is 4.77. The van der Waals surface area contributed by atoms with Gasteiger partial charge in [-0.25, -0.2) is 18.6 Å². The van der Waals surface area contributed by atoms with Crippen LogP contribution in [0, 0.1) is 17.6 Å². The van der Waals surface area contributed by atoms with Gasteiger partial charge in [0.25, 0.3) is 0 Å². The second-order valence-electron chi connectivity index (χ2n) is 9.39. The molecular formula is C26H27F2N5O3. The molecule has 0 radical (unpaired) electrons. The van der Waals surface area contributed by atoms with Crippen LogP contribution in [0.3, 0.4) is 0 Å². The number of imidazole rings is 1. The van der Waals surface area contributed by atoms with Crippen molar-refractivity contribution in [3.05, 3.63) is 83.4 Å². The van der Waals surface area contributed by atoms with Crippen molar-refractivity contribution < 1.29 is 23.5 Å². The highest BCUT2D eigenvalue weighted by Gasteiger charge is 2.48. The van der Waals surface area contributed by atoms with Gasteiger partial charge >= 0.3 is 6.03 Å². The SMILES string of the molecule is O=C(Nc1ccc(F)c(F)c1)N[C@@H]1C[C@H](C(=O)NCc2ccccc2)[C@@H](O)[C@H]1c1cnc(C2CC2)[nH]1. The Labute approximate surface area is 206 Å². The van der Waals surface area contributed by atoms with Crippen molar-refractivity contribution in [1.29, 1.82) is 0 Å². The summed E-state index contributed by atoms with van der Waals surface area (Å²) in [6.45, 7) is 0.318. The second-order valence-corrected chi connectivity index (χ2v) is 9.39. The highest BCUT2D eigenvalue weighted by Crippen LogP contribution is 2.42. The molecule has 5 N–H and O–H groups in total. The van der Waals surface area contributed by atoms with Crippen LogP contribution in [0.4, 0.5) is 19.3 Å². The molecule has 188 valence electrons. The number of hydrogen-bond acceptors (Lipinski definition) is 4. The average molecular weight is 496 g/mol. The lowest BCUT2D eigenvalue weighted by Gasteiger charge is -2.22. The normalized spacial score (nSPS) is 23.3. The summed E-state index contributed by atoms with van der Waals surface area (Å²) < 4.78 is 26.8. The average Bonchev–Trinajstić information content (AvgIpc) is 3.52. The molecule has 10 heteroatoms. The number of aliphatic hydroxyl groups is 1. The molecule has 4 atom stereocenters. The van der Waals surface area contributed by atoms with E-state index in [1.165, 1.54) is 6.07 Å². The second kappa shape index (κ2) is 10.1. The van der Waals surface area contributed by atoms with Crippen LogP contribution >= 0.6 is 0 Å². The number of carbonyl (C=O) groups is 2. The maximum Gasteiger partial charge on any atom is 0.319 e. The Morgan fingerprint density at radius 1 is 1.08 bits per heavy atom. The van der Waals surface area contributed by atoms with Gasteiger partial charge in [0.2, 0.25) is 5.91 Å². The zero-order valence-electron chi connectivity index (χ0n) is 19.4. The van der Waals surface area contributed by atoms with E-state index in [1.807, 2.05) is 30.3 Å². The van der Waals surface area contributed by atoms with E-state index >= 15 is 0 Å². The topological polar surface area (TPSA) is 119 Å². The maximum atomic E-state index is 13.5. The number of nitrogens with zero attached hydrogens (tertiary/aromatic N) is 1. The van der Waals surface area contributed by atoms with Gasteiger partial charge in [0, 0.05) is 48.1 Å². The van der Waals surface area contributed by atoms with Gasteiger partial charge < -0.3 is 26.0 Å². The Hall–Kier alpha value is -3.79. The lowest BCUT2D eigenvalue weighted by Crippen LogP contribution is -2.41. The number of hydrogen-bond donors (Lipinski definition) is 5. The molecule has 1 aromatic heterocycles. The van der Waals surface area contributed by atoms with Crippen LogP contribution in [0.25, 0.3) is 0 Å². The van der Waals surface area contributed by atoms with E-state index in [9.17, 15) is 23.5 Å². The largest absolute Gasteiger partial charge is 0.392 e. The molecule has 2 aromatic carbocycles. The number of carbonyl (C=O) groups excluding carboxylic acids is 2. The Morgan fingerprint density at radius 3 is 2.58 bits per heavy atom. The van der Waals surface area contributed by atoms with Gasteiger partial charge in [-0.1, -0.05) is 30.3 Å². The van der Waals surface area contributed by atoms with Gasteiger partial charge in [0.1, 0.15) is 5.82 Å². The highest BCUT2D eigenvalue weighted by atomic mass is 19.2. The summed E-state index contributed by atoms with van der Waals surface area (Å²) in [6.07, 6.45) is 2.86. The Morgan fingerprint density at radius 2 is 1.86 bits per heavy atom. The van der Waals surface area contributed by atoms with E-state index in [0.717, 1.165) is 36.4 Å². The number of aromatic amines is 1. The van der Waals surface area contributed by atoms with Crippen LogP contribution in [-0.2, 0) is 11.3 Å². The first-order chi connectivity index (χ1) is 17.4. The fraction of sp³-hybridized carbons (Fsp3) is 0.346. The molecule has 3 aromatic rings. The molecule has 5 rings (SSSR count). The number of benzene rings is 2. The summed E-state index contributed by atoms with van der Waals surface area (Å²) in [5, 5.41) is 19.4. The van der Waals surface area contributed by atoms with Gasteiger partial charge in [-0.2, -0.15) is 0 Å². The molecular weight excluding hydrogens is 468 g/mol. The monoisotopic (exact) mass is 495 g/mol. The number of aromatic nitrogens is 2. The zero-order valence-corrected chi connectivity index (χ0v) is 19.4. The molecule has 2 fully saturated rings. The molecule has 2 aliphatic rings. The number of H-pyrrole nitrogens is 1. The Balaban J connectivity index is 1.31. The summed E-state index contributed by atoms with van der Waals surface area (Å²) in [5.41, 5.74) is 1.65. The van der Waals surface area contributed by atoms with Crippen LogP contribution < -0.4 is 16.0 Å². The Bertz CT molecular complexity index is 1250. The molecule has 0 saturated heterocycles. The van der Waals surface area contributed by atoms with Crippen LogP contribution in [0.2, 0.25) is 0 Å². The van der Waals surface area contributed by atoms with Crippen molar-refractivity contribution in [2.75, 3.05) is 5.32 Å². The van der Waals surface area contributed by atoms with Gasteiger partial charge in [0.15, 0.2) is 11.6 Å². The van der Waals surface area contributed by atoms with Gasteiger partial charge in [0.05, 0.1) is 12.0 Å². The minimum atomic E-state index is -1.08. The van der Waals surface area contributed by atoms with Crippen molar-refractivity contribution in [1.82, 2.24) is 20.6 Å². The molecule has 2 saturated carbocycles. The highest BCUT2D eigenvalue weighted by molar-refractivity contribution is 5.89. The third kappa shape index (κ3) is 5.23. The third-order valence-corrected chi connectivity index (χ3v) is 6.80. The molecule has 0 aliphatic heterocycles. The molecule has 2 aliphatic carbocycles. The van der Waals surface area contributed by atoms with Gasteiger partial charge in [-0.05, 0) is 37.0 Å². The standard InChI is InChI=1S/C26H27F2N5O3/c27-18-9-8-16(10-19(18)28)31-26(36)33-20-11-17(25(35)30-12-14-4-2-1-3-5-14)23(34)22(20)21-13-29-24(32-21)15-6-7-15/h1-5,8-10,13,15,17,20,22-23,34H,6-7,11-12H2,(H,29,32)(H,30,35)(H2,31,33,36)/t17-,20+,22+,23+/m0/s1. The third-order valence-electron chi connectivity index (χ3n) is 6.80. The molecule has 0 unspecified atom stereocenters. The number of rotatable bonds is 7. The maximum absolute atomic E-state index is 13.5. The van der Waals surface area contributed by atoms with Crippen LogP contribution in [0.15, 0.2) is 54.7 Å². The number of aliphatic hydroxyl groups excluding tert-OH is 1. The zero-order chi connectivity index (χ0) is 25.2. The predicted molar refractivity (Wildman–Crippen MR) is 128 cm³/mol. The quantitative estimate of drug-likeness (QED) is 0.345. The number of amides is 3. The molecule has 0 spiro atoms. The minimum Gasteiger partial charge on any atom is -0.392 e. The van der Waals surface area contributed by atoms with Crippen molar-refractivity contribution in [2.45, 2.75) is 49.8 Å². The summed E-state index contributed by atoms with van der Waals surface area (Å²) in [4.78, 5) is 33.4. The lowest BCUT2D eigenvalue weighted by atomic mass is 9.96. The van der Waals surface area contributed by atoms with Crippen molar-refractivity contribution in [3.8, 4) is 0 Å². The van der Waals surface area contributed by atoms with E-state index in [1.54, 1.807) is 6.20 Å². The molecule has 36 heavy (non-hydrogen) atoms. The van der Waals surface area contributed by atoms with Crippen LogP contribution in [0.1, 0.15) is 48.2 Å². The first-order valence-corrected chi connectivity index (χ1v) is 12.0. The summed E-state index contributed by atoms with van der Waals surface area (Å²) in [5.74, 6) is -2.58. The van der Waals surface area contributed by atoms with E-state index in [0.29, 0.717) is 18.2 Å². The van der Waals surface area contributed by atoms with Crippen LogP contribution in [0.5, 0.6) is 0 Å². The van der Waals surface area contributed by atoms with E-state index in [4.69, 9.17) is 0 Å². The summed E-state index contributed by atoms with van der Waals surface area (Å²) >= 11 is 0. The molecule has 0 bridgehead atoms. The van der Waals surface area contributed by atoms with E-state index in [2.05, 4.69) is 25.9 Å². The van der Waals surface area contributed by atoms with Gasteiger partial charge in [-0.15, -0.1) is 0 Å². The molecule has 8 nitrogen and oxygen atoms in total. The van der Waals surface area contributed by atoms with Gasteiger partial charge in [-0.3, -0.25) is 4.79 Å². The molecule has 1 heterocycles. The number of nitrogens with one attached hydrogen (secondary N) is 4. The number of urea groups is 1. The Kier molecular flexibility index (Phi) is 6.69. The summed E-state index contributed by atoms with van der Waals surface area (Å²) in [7, 11) is 0. The van der Waals surface area contributed by atoms with E-state index < -0.39 is 41.6 Å². The summed E-state index contributed by atoms with van der Waals surface area (Å²) in [6, 6.07) is 11.2. The van der Waals surface area contributed by atoms with Crippen LogP contribution in [-0.4, -0.2) is 39.2 Å². The van der Waals surface area contributed by atoms with Crippen molar-refractivity contribution in [3.63, 3.8) is 0 Å². The fourth-order valence-corrected chi connectivity index (χ4v) is 4.77. The van der Waals surface area contributed by atoms with Crippen molar-refractivity contribution in [2.24, 2.45) is 5.92 Å². The van der Waals surface area contributed by atoms with Crippen molar-refractivity contribution >= 4 is 17.6 Å². The van der Waals surface area contributed by atoms with E-state index in [-0.39, 0.29) is 18.0 Å². The number of halogens is 2.